The summed E-state index contributed by atoms with van der Waals surface area (Å²) in [5.74, 6) is 0.464. The van der Waals surface area contributed by atoms with Crippen LogP contribution < -0.4 is 5.73 Å². The van der Waals surface area contributed by atoms with Gasteiger partial charge in [0.25, 0.3) is 0 Å². The highest BCUT2D eigenvalue weighted by Gasteiger charge is 2.29. The zero-order valence-corrected chi connectivity index (χ0v) is 11.3. The van der Waals surface area contributed by atoms with Gasteiger partial charge in [-0.2, -0.15) is 0 Å². The lowest BCUT2D eigenvalue weighted by Crippen LogP contribution is -2.23. The molecule has 0 amide bonds. The predicted molar refractivity (Wildman–Crippen MR) is 71.1 cm³/mol. The van der Waals surface area contributed by atoms with E-state index < -0.39 is 0 Å². The molecule has 0 bridgehead atoms. The van der Waals surface area contributed by atoms with Gasteiger partial charge in [-0.25, -0.2) is 0 Å². The molecule has 0 aromatic heterocycles. The van der Waals surface area contributed by atoms with Crippen molar-refractivity contribution in [2.45, 2.75) is 46.3 Å². The van der Waals surface area contributed by atoms with Crippen molar-refractivity contribution < 1.29 is 4.74 Å². The van der Waals surface area contributed by atoms with Crippen LogP contribution in [-0.2, 0) is 4.74 Å². The molecule has 1 fully saturated rings. The second kappa shape index (κ2) is 4.79. The van der Waals surface area contributed by atoms with E-state index in [1.165, 1.54) is 22.3 Å². The van der Waals surface area contributed by atoms with Crippen molar-refractivity contribution in [3.8, 4) is 0 Å². The normalized spacial score (nSPS) is 26.2. The Morgan fingerprint density at radius 1 is 1.18 bits per heavy atom. The van der Waals surface area contributed by atoms with Gasteiger partial charge in [0.15, 0.2) is 0 Å². The van der Waals surface area contributed by atoms with Crippen molar-refractivity contribution in [2.75, 3.05) is 6.61 Å². The van der Waals surface area contributed by atoms with E-state index in [0.717, 1.165) is 13.0 Å². The number of hydrogen-bond donors (Lipinski definition) is 1. The van der Waals surface area contributed by atoms with Crippen LogP contribution >= 0.6 is 0 Å². The molecule has 0 saturated carbocycles. The average molecular weight is 233 g/mol. The van der Waals surface area contributed by atoms with Crippen LogP contribution in [0.3, 0.4) is 0 Å². The summed E-state index contributed by atoms with van der Waals surface area (Å²) >= 11 is 0. The SMILES string of the molecule is Cc1cc(C)c(C(N)C2COC(C)C2)cc1C. The minimum absolute atomic E-state index is 0.110. The molecular formula is C15H23NO. The van der Waals surface area contributed by atoms with Gasteiger partial charge < -0.3 is 10.5 Å². The molecule has 1 saturated heterocycles. The van der Waals surface area contributed by atoms with Crippen molar-refractivity contribution in [3.63, 3.8) is 0 Å². The molecule has 0 aliphatic carbocycles. The summed E-state index contributed by atoms with van der Waals surface area (Å²) < 4.78 is 5.62. The van der Waals surface area contributed by atoms with Crippen LogP contribution in [0.1, 0.15) is 41.6 Å². The molecule has 2 heteroatoms. The summed E-state index contributed by atoms with van der Waals surface area (Å²) in [6.07, 6.45) is 1.44. The lowest BCUT2D eigenvalue weighted by molar-refractivity contribution is 0.118. The Morgan fingerprint density at radius 3 is 2.41 bits per heavy atom. The highest BCUT2D eigenvalue weighted by atomic mass is 16.5. The van der Waals surface area contributed by atoms with Gasteiger partial charge in [0.2, 0.25) is 0 Å². The molecule has 0 radical (unpaired) electrons. The van der Waals surface area contributed by atoms with Gasteiger partial charge in [0, 0.05) is 12.0 Å². The Labute approximate surface area is 104 Å². The molecule has 1 aliphatic rings. The van der Waals surface area contributed by atoms with Crippen molar-refractivity contribution in [3.05, 3.63) is 34.4 Å². The van der Waals surface area contributed by atoms with E-state index in [2.05, 4.69) is 39.8 Å². The average Bonchev–Trinajstić information content (AvgIpc) is 2.69. The maximum Gasteiger partial charge on any atom is 0.0551 e. The lowest BCUT2D eigenvalue weighted by atomic mass is 9.87. The maximum absolute atomic E-state index is 6.40. The Bertz CT molecular complexity index is 414. The summed E-state index contributed by atoms with van der Waals surface area (Å²) in [4.78, 5) is 0. The van der Waals surface area contributed by atoms with E-state index in [1.54, 1.807) is 0 Å². The molecule has 1 aliphatic heterocycles. The topological polar surface area (TPSA) is 35.2 Å². The third kappa shape index (κ3) is 2.53. The number of aryl methyl sites for hydroxylation is 3. The highest BCUT2D eigenvalue weighted by molar-refractivity contribution is 5.38. The fourth-order valence-corrected chi connectivity index (χ4v) is 2.70. The fourth-order valence-electron chi connectivity index (χ4n) is 2.70. The lowest BCUT2D eigenvalue weighted by Gasteiger charge is -2.21. The minimum atomic E-state index is 0.110. The Balaban J connectivity index is 2.24. The first kappa shape index (κ1) is 12.6. The van der Waals surface area contributed by atoms with E-state index >= 15 is 0 Å². The molecule has 1 aromatic rings. The van der Waals surface area contributed by atoms with E-state index in [-0.39, 0.29) is 6.04 Å². The second-order valence-corrected chi connectivity index (χ2v) is 5.46. The number of benzene rings is 1. The first-order valence-corrected chi connectivity index (χ1v) is 6.44. The smallest absolute Gasteiger partial charge is 0.0551 e. The van der Waals surface area contributed by atoms with Gasteiger partial charge in [-0.05, 0) is 56.4 Å². The zero-order chi connectivity index (χ0) is 12.6. The Kier molecular flexibility index (Phi) is 3.55. The van der Waals surface area contributed by atoms with Gasteiger partial charge in [0.05, 0.1) is 12.7 Å². The number of ether oxygens (including phenoxy) is 1. The largest absolute Gasteiger partial charge is 0.378 e. The molecule has 1 heterocycles. The van der Waals surface area contributed by atoms with Gasteiger partial charge in [-0.3, -0.25) is 0 Å². The Hall–Kier alpha value is -0.860. The molecule has 1 aromatic carbocycles. The number of nitrogens with two attached hydrogens (primary N) is 1. The van der Waals surface area contributed by atoms with Crippen molar-refractivity contribution in [2.24, 2.45) is 11.7 Å². The van der Waals surface area contributed by atoms with Gasteiger partial charge >= 0.3 is 0 Å². The maximum atomic E-state index is 6.40. The molecular weight excluding hydrogens is 210 g/mol. The molecule has 2 N–H and O–H groups in total. The van der Waals surface area contributed by atoms with Crippen LogP contribution in [0.15, 0.2) is 12.1 Å². The van der Waals surface area contributed by atoms with Crippen LogP contribution in [0, 0.1) is 26.7 Å². The van der Waals surface area contributed by atoms with Crippen LogP contribution in [0.25, 0.3) is 0 Å². The summed E-state index contributed by atoms with van der Waals surface area (Å²) in [5, 5.41) is 0. The van der Waals surface area contributed by atoms with E-state index in [1.807, 2.05) is 0 Å². The van der Waals surface area contributed by atoms with Crippen LogP contribution in [0.2, 0.25) is 0 Å². The standard InChI is InChI=1S/C15H23NO/c1-9-5-11(3)14(6-10(9)2)15(16)13-7-12(4)17-8-13/h5-6,12-13,15H,7-8,16H2,1-4H3. The van der Waals surface area contributed by atoms with E-state index in [0.29, 0.717) is 12.0 Å². The number of rotatable bonds is 2. The van der Waals surface area contributed by atoms with Gasteiger partial charge in [-0.15, -0.1) is 0 Å². The summed E-state index contributed by atoms with van der Waals surface area (Å²) in [6.45, 7) is 9.38. The van der Waals surface area contributed by atoms with Crippen LogP contribution in [0.4, 0.5) is 0 Å². The first-order valence-electron chi connectivity index (χ1n) is 6.44. The quantitative estimate of drug-likeness (QED) is 0.852. The summed E-state index contributed by atoms with van der Waals surface area (Å²) in [7, 11) is 0. The molecule has 2 nitrogen and oxygen atoms in total. The fraction of sp³-hybridized carbons (Fsp3) is 0.600. The molecule has 94 valence electrons. The molecule has 0 spiro atoms. The highest BCUT2D eigenvalue weighted by Crippen LogP contribution is 2.32. The minimum Gasteiger partial charge on any atom is -0.378 e. The molecule has 3 unspecified atom stereocenters. The van der Waals surface area contributed by atoms with Crippen LogP contribution in [0.5, 0.6) is 0 Å². The van der Waals surface area contributed by atoms with Gasteiger partial charge in [-0.1, -0.05) is 12.1 Å². The van der Waals surface area contributed by atoms with Crippen molar-refractivity contribution >= 4 is 0 Å². The summed E-state index contributed by atoms with van der Waals surface area (Å²) in [6, 6.07) is 4.60. The van der Waals surface area contributed by atoms with Crippen molar-refractivity contribution in [1.82, 2.24) is 0 Å². The molecule has 2 rings (SSSR count). The summed E-state index contributed by atoms with van der Waals surface area (Å²) in [5.41, 5.74) is 11.7. The monoisotopic (exact) mass is 233 g/mol. The zero-order valence-electron chi connectivity index (χ0n) is 11.3. The third-order valence-electron chi connectivity index (χ3n) is 3.98. The Morgan fingerprint density at radius 2 is 1.82 bits per heavy atom. The third-order valence-corrected chi connectivity index (χ3v) is 3.98. The number of hydrogen-bond acceptors (Lipinski definition) is 2. The molecule has 17 heavy (non-hydrogen) atoms. The first-order chi connectivity index (χ1) is 7.99. The predicted octanol–water partition coefficient (Wildman–Crippen LogP) is 3.04. The van der Waals surface area contributed by atoms with E-state index in [9.17, 15) is 0 Å². The second-order valence-electron chi connectivity index (χ2n) is 5.46. The van der Waals surface area contributed by atoms with E-state index in [4.69, 9.17) is 10.5 Å². The van der Waals surface area contributed by atoms with Crippen molar-refractivity contribution in [1.29, 1.82) is 0 Å². The van der Waals surface area contributed by atoms with Gasteiger partial charge in [0.1, 0.15) is 0 Å². The molecule has 3 atom stereocenters. The van der Waals surface area contributed by atoms with Crippen LogP contribution in [-0.4, -0.2) is 12.7 Å².